The van der Waals surface area contributed by atoms with E-state index < -0.39 is 4.92 Å². The van der Waals surface area contributed by atoms with E-state index in [0.29, 0.717) is 36.4 Å². The smallest absolute Gasteiger partial charge is 0.292 e. The number of carbonyl (C=O) groups excluding carboxylic acids is 1. The number of hydrogen-bond acceptors (Lipinski definition) is 7. The third-order valence-corrected chi connectivity index (χ3v) is 4.79. The number of para-hydroxylation sites is 2. The second kappa shape index (κ2) is 9.00. The summed E-state index contributed by atoms with van der Waals surface area (Å²) in [4.78, 5) is 27.2. The van der Waals surface area contributed by atoms with Crippen molar-refractivity contribution in [3.05, 3.63) is 63.1 Å². The number of aryl methyl sites for hydroxylation is 2. The fourth-order valence-corrected chi connectivity index (χ4v) is 3.26. The molecule has 2 N–H and O–H groups in total. The normalized spacial score (nSPS) is 10.6. The average Bonchev–Trinajstić information content (AvgIpc) is 3.14. The molecular weight excluding hydrogens is 386 g/mol. The van der Waals surface area contributed by atoms with Crippen molar-refractivity contribution < 1.29 is 9.72 Å². The van der Waals surface area contributed by atoms with Crippen molar-refractivity contribution in [1.29, 1.82) is 5.26 Å². The first-order valence-corrected chi connectivity index (χ1v) is 9.40. The number of nitriles is 1. The van der Waals surface area contributed by atoms with Crippen molar-refractivity contribution in [3.63, 3.8) is 0 Å². The summed E-state index contributed by atoms with van der Waals surface area (Å²) in [5.74, 6) is -0.128. The van der Waals surface area contributed by atoms with Gasteiger partial charge in [-0.25, -0.2) is 9.50 Å². The molecule has 10 heteroatoms. The van der Waals surface area contributed by atoms with Gasteiger partial charge in [0.05, 0.1) is 11.1 Å². The lowest BCUT2D eigenvalue weighted by Gasteiger charge is -2.12. The molecular formula is C20H21N7O3. The van der Waals surface area contributed by atoms with Gasteiger partial charge in [-0.1, -0.05) is 12.1 Å². The van der Waals surface area contributed by atoms with E-state index in [2.05, 4.69) is 26.8 Å². The van der Waals surface area contributed by atoms with Gasteiger partial charge in [-0.3, -0.25) is 14.9 Å². The Labute approximate surface area is 172 Å². The molecule has 0 aliphatic heterocycles. The molecule has 1 amide bonds. The maximum atomic E-state index is 12.2. The van der Waals surface area contributed by atoms with Crippen LogP contribution in [0.3, 0.4) is 0 Å². The molecule has 30 heavy (non-hydrogen) atoms. The first kappa shape index (κ1) is 20.7. The van der Waals surface area contributed by atoms with Crippen molar-refractivity contribution in [3.8, 4) is 6.07 Å². The Kier molecular flexibility index (Phi) is 6.22. The molecule has 0 saturated heterocycles. The number of aromatic nitrogens is 3. The lowest BCUT2D eigenvalue weighted by Crippen LogP contribution is -2.29. The predicted molar refractivity (Wildman–Crippen MR) is 110 cm³/mol. The van der Waals surface area contributed by atoms with Crippen molar-refractivity contribution in [1.82, 2.24) is 19.9 Å². The van der Waals surface area contributed by atoms with E-state index in [1.807, 2.05) is 13.8 Å². The van der Waals surface area contributed by atoms with Crippen molar-refractivity contribution in [2.45, 2.75) is 26.7 Å². The molecule has 3 aromatic rings. The minimum Gasteiger partial charge on any atom is -0.378 e. The molecule has 0 spiro atoms. The van der Waals surface area contributed by atoms with Crippen LogP contribution >= 0.6 is 0 Å². The zero-order chi connectivity index (χ0) is 21.7. The molecule has 0 fully saturated rings. The minimum absolute atomic E-state index is 0.00385. The fourth-order valence-electron chi connectivity index (χ4n) is 3.26. The Morgan fingerprint density at radius 3 is 2.80 bits per heavy atom. The van der Waals surface area contributed by atoms with Gasteiger partial charge in [-0.15, -0.1) is 0 Å². The van der Waals surface area contributed by atoms with Crippen LogP contribution in [0.4, 0.5) is 11.4 Å². The van der Waals surface area contributed by atoms with E-state index in [9.17, 15) is 14.9 Å². The zero-order valence-corrected chi connectivity index (χ0v) is 16.7. The SMILES string of the molecule is Cc1nc2c(C#N)cnn2c(C)c1CCC(=O)NCCNc1ccccc1[N+](=O)[O-]. The number of carbonyl (C=O) groups is 1. The lowest BCUT2D eigenvalue weighted by atomic mass is 10.1. The summed E-state index contributed by atoms with van der Waals surface area (Å²) < 4.78 is 1.62. The summed E-state index contributed by atoms with van der Waals surface area (Å²) in [5, 5.41) is 30.1. The second-order valence-electron chi connectivity index (χ2n) is 6.72. The molecule has 0 unspecified atom stereocenters. The van der Waals surface area contributed by atoms with E-state index in [0.717, 1.165) is 17.0 Å². The van der Waals surface area contributed by atoms with E-state index in [1.165, 1.54) is 12.3 Å². The van der Waals surface area contributed by atoms with E-state index in [1.54, 1.807) is 22.7 Å². The van der Waals surface area contributed by atoms with E-state index in [-0.39, 0.29) is 18.0 Å². The number of nitrogens with zero attached hydrogens (tertiary/aromatic N) is 5. The van der Waals surface area contributed by atoms with Crippen LogP contribution in [-0.2, 0) is 11.2 Å². The number of nitro groups is 1. The zero-order valence-electron chi connectivity index (χ0n) is 16.7. The predicted octanol–water partition coefficient (Wildman–Crippen LogP) is 2.29. The highest BCUT2D eigenvalue weighted by Gasteiger charge is 2.15. The first-order chi connectivity index (χ1) is 14.4. The number of amides is 1. The van der Waals surface area contributed by atoms with Crippen LogP contribution in [-0.4, -0.2) is 38.5 Å². The quantitative estimate of drug-likeness (QED) is 0.332. The van der Waals surface area contributed by atoms with Gasteiger partial charge in [-0.05, 0) is 31.9 Å². The molecule has 0 aliphatic carbocycles. The number of fused-ring (bicyclic) bond motifs is 1. The average molecular weight is 407 g/mol. The Morgan fingerprint density at radius 2 is 2.07 bits per heavy atom. The Bertz CT molecular complexity index is 1150. The van der Waals surface area contributed by atoms with Crippen molar-refractivity contribution in [2.24, 2.45) is 0 Å². The number of benzene rings is 1. The van der Waals surface area contributed by atoms with Crippen molar-refractivity contribution >= 4 is 22.9 Å². The number of anilines is 1. The molecule has 0 atom stereocenters. The van der Waals surface area contributed by atoms with Gasteiger partial charge in [0.1, 0.15) is 17.3 Å². The van der Waals surface area contributed by atoms with Gasteiger partial charge < -0.3 is 10.6 Å². The van der Waals surface area contributed by atoms with Crippen LogP contribution < -0.4 is 10.6 Å². The highest BCUT2D eigenvalue weighted by Crippen LogP contribution is 2.22. The number of nitro benzene ring substituents is 1. The maximum absolute atomic E-state index is 12.2. The summed E-state index contributed by atoms with van der Waals surface area (Å²) in [6.45, 7) is 4.45. The van der Waals surface area contributed by atoms with Crippen LogP contribution in [0.15, 0.2) is 30.5 Å². The highest BCUT2D eigenvalue weighted by atomic mass is 16.6. The monoisotopic (exact) mass is 407 g/mol. The summed E-state index contributed by atoms with van der Waals surface area (Å²) >= 11 is 0. The van der Waals surface area contributed by atoms with Gasteiger partial charge in [0.15, 0.2) is 5.65 Å². The Balaban J connectivity index is 1.53. The largest absolute Gasteiger partial charge is 0.378 e. The molecule has 2 aromatic heterocycles. The summed E-state index contributed by atoms with van der Waals surface area (Å²) in [5.41, 5.74) is 3.88. The van der Waals surface area contributed by atoms with Gasteiger partial charge in [0.25, 0.3) is 5.69 Å². The van der Waals surface area contributed by atoms with Crippen LogP contribution in [0, 0.1) is 35.3 Å². The van der Waals surface area contributed by atoms with Gasteiger partial charge >= 0.3 is 0 Å². The van der Waals surface area contributed by atoms with Gasteiger partial charge in [-0.2, -0.15) is 10.4 Å². The third-order valence-electron chi connectivity index (χ3n) is 4.79. The number of hydrogen-bond donors (Lipinski definition) is 2. The topological polar surface area (TPSA) is 138 Å². The van der Waals surface area contributed by atoms with Crippen LogP contribution in [0.1, 0.15) is 28.9 Å². The van der Waals surface area contributed by atoms with Crippen LogP contribution in [0.5, 0.6) is 0 Å². The molecule has 1 aromatic carbocycles. The summed E-state index contributed by atoms with van der Waals surface area (Å²) in [6.07, 6.45) is 2.24. The molecule has 0 bridgehead atoms. The molecule has 0 aliphatic rings. The molecule has 0 saturated carbocycles. The molecule has 10 nitrogen and oxygen atoms in total. The third kappa shape index (κ3) is 4.35. The molecule has 3 rings (SSSR count). The lowest BCUT2D eigenvalue weighted by molar-refractivity contribution is -0.384. The maximum Gasteiger partial charge on any atom is 0.292 e. The Hall–Kier alpha value is -4.00. The van der Waals surface area contributed by atoms with Gasteiger partial charge in [0.2, 0.25) is 5.91 Å². The number of rotatable bonds is 8. The standard InChI is InChI=1S/C20H21N7O3/c1-13-16(14(2)26-20(25-13)15(11-21)12-24-26)7-8-19(28)23-10-9-22-17-5-3-4-6-18(17)27(29)30/h3-6,12,22H,7-10H2,1-2H3,(H,23,28). The van der Waals surface area contributed by atoms with E-state index >= 15 is 0 Å². The first-order valence-electron chi connectivity index (χ1n) is 9.40. The van der Waals surface area contributed by atoms with Crippen LogP contribution in [0.2, 0.25) is 0 Å². The molecule has 154 valence electrons. The highest BCUT2D eigenvalue weighted by molar-refractivity contribution is 5.76. The molecule has 0 radical (unpaired) electrons. The summed E-state index contributed by atoms with van der Waals surface area (Å²) in [6, 6.07) is 8.44. The summed E-state index contributed by atoms with van der Waals surface area (Å²) in [7, 11) is 0. The number of nitrogens with one attached hydrogen (secondary N) is 2. The van der Waals surface area contributed by atoms with Crippen LogP contribution in [0.25, 0.3) is 5.65 Å². The van der Waals surface area contributed by atoms with Crippen molar-refractivity contribution in [2.75, 3.05) is 18.4 Å². The fraction of sp³-hybridized carbons (Fsp3) is 0.300. The second-order valence-corrected chi connectivity index (χ2v) is 6.72. The molecule has 2 heterocycles. The van der Waals surface area contributed by atoms with Gasteiger partial charge in [0, 0.05) is 37.0 Å². The minimum atomic E-state index is -0.449. The van der Waals surface area contributed by atoms with E-state index in [4.69, 9.17) is 5.26 Å². The Morgan fingerprint density at radius 1 is 1.30 bits per heavy atom.